The van der Waals surface area contributed by atoms with Crippen LogP contribution >= 0.6 is 0 Å². The molecule has 142 valence electrons. The van der Waals surface area contributed by atoms with E-state index in [2.05, 4.69) is 15.6 Å². The molecule has 0 bridgehead atoms. The average molecular weight is 375 g/mol. The highest BCUT2D eigenvalue weighted by atomic mass is 16.5. The fourth-order valence-corrected chi connectivity index (χ4v) is 2.49. The number of aromatic nitrogens is 1. The van der Waals surface area contributed by atoms with Crippen LogP contribution in [0, 0.1) is 0 Å². The van der Waals surface area contributed by atoms with Gasteiger partial charge in [-0.05, 0) is 41.5 Å². The van der Waals surface area contributed by atoms with Crippen molar-refractivity contribution in [3.05, 3.63) is 90.3 Å². The van der Waals surface area contributed by atoms with E-state index in [1.807, 2.05) is 36.4 Å². The van der Waals surface area contributed by atoms with Crippen molar-refractivity contribution in [2.45, 2.75) is 19.6 Å². The maximum absolute atomic E-state index is 12.0. The van der Waals surface area contributed by atoms with Gasteiger partial charge in [0.05, 0.1) is 0 Å². The first kappa shape index (κ1) is 19.1. The lowest BCUT2D eigenvalue weighted by Gasteiger charge is -2.09. The van der Waals surface area contributed by atoms with E-state index >= 15 is 0 Å². The predicted molar refractivity (Wildman–Crippen MR) is 107 cm³/mol. The fourth-order valence-electron chi connectivity index (χ4n) is 2.49. The zero-order valence-electron chi connectivity index (χ0n) is 15.3. The zero-order valence-corrected chi connectivity index (χ0v) is 15.3. The number of amides is 2. The van der Waals surface area contributed by atoms with Crippen molar-refractivity contribution < 1.29 is 14.3 Å². The summed E-state index contributed by atoms with van der Waals surface area (Å²) in [6.45, 7) is 0.817. The van der Waals surface area contributed by atoms with E-state index in [1.54, 1.807) is 42.7 Å². The molecule has 0 aliphatic carbocycles. The second-order valence-corrected chi connectivity index (χ2v) is 6.16. The van der Waals surface area contributed by atoms with E-state index in [0.29, 0.717) is 24.6 Å². The number of anilines is 1. The molecule has 0 radical (unpaired) electrons. The first-order chi connectivity index (χ1) is 13.7. The number of rotatable bonds is 8. The highest BCUT2D eigenvalue weighted by molar-refractivity contribution is 6.03. The highest BCUT2D eigenvalue weighted by Gasteiger charge is 2.09. The van der Waals surface area contributed by atoms with Gasteiger partial charge in [-0.2, -0.15) is 0 Å². The molecule has 0 unspecified atom stereocenters. The number of ether oxygens (including phenoxy) is 1. The third-order valence-electron chi connectivity index (χ3n) is 3.92. The van der Waals surface area contributed by atoms with Crippen molar-refractivity contribution in [2.24, 2.45) is 0 Å². The van der Waals surface area contributed by atoms with Gasteiger partial charge in [-0.3, -0.25) is 14.6 Å². The Morgan fingerprint density at radius 3 is 2.32 bits per heavy atom. The Hall–Kier alpha value is -3.67. The van der Waals surface area contributed by atoms with Crippen molar-refractivity contribution in [1.82, 2.24) is 10.3 Å². The Balaban J connectivity index is 1.41. The van der Waals surface area contributed by atoms with Gasteiger partial charge in [-0.25, -0.2) is 0 Å². The van der Waals surface area contributed by atoms with E-state index in [-0.39, 0.29) is 18.2 Å². The second-order valence-electron chi connectivity index (χ2n) is 6.16. The number of carbonyl (C=O) groups is 2. The zero-order chi connectivity index (χ0) is 19.6. The van der Waals surface area contributed by atoms with E-state index in [1.165, 1.54) is 0 Å². The van der Waals surface area contributed by atoms with Gasteiger partial charge in [0, 0.05) is 24.6 Å². The van der Waals surface area contributed by atoms with E-state index in [0.717, 1.165) is 11.1 Å². The predicted octanol–water partition coefficient (Wildman–Crippen LogP) is 3.31. The van der Waals surface area contributed by atoms with Gasteiger partial charge in [-0.1, -0.05) is 36.4 Å². The molecule has 2 aromatic carbocycles. The lowest BCUT2D eigenvalue weighted by atomic mass is 10.2. The molecule has 0 atom stereocenters. The Bertz CT molecular complexity index is 897. The lowest BCUT2D eigenvalue weighted by molar-refractivity contribution is -0.126. The van der Waals surface area contributed by atoms with Crippen LogP contribution in [0.4, 0.5) is 5.69 Å². The summed E-state index contributed by atoms with van der Waals surface area (Å²) >= 11 is 0. The molecule has 6 nitrogen and oxygen atoms in total. The van der Waals surface area contributed by atoms with Crippen molar-refractivity contribution in [3.8, 4) is 5.75 Å². The van der Waals surface area contributed by atoms with Gasteiger partial charge >= 0.3 is 0 Å². The van der Waals surface area contributed by atoms with Crippen molar-refractivity contribution in [2.75, 3.05) is 5.32 Å². The third kappa shape index (κ3) is 6.25. The Labute approximate surface area is 163 Å². The smallest absolute Gasteiger partial charge is 0.233 e. The minimum Gasteiger partial charge on any atom is -0.489 e. The molecule has 3 aromatic rings. The van der Waals surface area contributed by atoms with Crippen LogP contribution in [0.25, 0.3) is 0 Å². The van der Waals surface area contributed by atoms with Crippen molar-refractivity contribution in [3.63, 3.8) is 0 Å². The molecule has 0 saturated heterocycles. The van der Waals surface area contributed by atoms with Crippen LogP contribution in [-0.2, 0) is 22.7 Å². The van der Waals surface area contributed by atoms with Gasteiger partial charge in [0.2, 0.25) is 11.8 Å². The largest absolute Gasteiger partial charge is 0.489 e. The summed E-state index contributed by atoms with van der Waals surface area (Å²) in [4.78, 5) is 27.9. The molecule has 2 N–H and O–H groups in total. The summed E-state index contributed by atoms with van der Waals surface area (Å²) in [6.07, 6.45) is 3.09. The van der Waals surface area contributed by atoms with Crippen LogP contribution in [-0.4, -0.2) is 16.8 Å². The number of nitrogens with one attached hydrogen (secondary N) is 2. The Morgan fingerprint density at radius 2 is 1.61 bits per heavy atom. The Kier molecular flexibility index (Phi) is 6.73. The van der Waals surface area contributed by atoms with Crippen LogP contribution in [0.3, 0.4) is 0 Å². The highest BCUT2D eigenvalue weighted by Crippen LogP contribution is 2.17. The van der Waals surface area contributed by atoms with Gasteiger partial charge in [0.15, 0.2) is 0 Å². The molecule has 0 aliphatic heterocycles. The summed E-state index contributed by atoms with van der Waals surface area (Å²) in [5.41, 5.74) is 2.57. The number of hydrogen-bond acceptors (Lipinski definition) is 4. The molecule has 0 saturated carbocycles. The summed E-state index contributed by atoms with van der Waals surface area (Å²) in [7, 11) is 0. The molecule has 2 amide bonds. The van der Waals surface area contributed by atoms with Crippen LogP contribution in [0.5, 0.6) is 5.75 Å². The molecule has 0 aliphatic rings. The lowest BCUT2D eigenvalue weighted by Crippen LogP contribution is -2.27. The van der Waals surface area contributed by atoms with E-state index < -0.39 is 0 Å². The van der Waals surface area contributed by atoms with Crippen molar-refractivity contribution in [1.29, 1.82) is 0 Å². The van der Waals surface area contributed by atoms with Gasteiger partial charge in [0.25, 0.3) is 0 Å². The molecule has 1 heterocycles. The first-order valence-corrected chi connectivity index (χ1v) is 8.91. The van der Waals surface area contributed by atoms with E-state index in [9.17, 15) is 9.59 Å². The van der Waals surface area contributed by atoms with Crippen LogP contribution in [0.15, 0.2) is 79.1 Å². The van der Waals surface area contributed by atoms with Gasteiger partial charge < -0.3 is 15.4 Å². The average Bonchev–Trinajstić information content (AvgIpc) is 2.73. The molecule has 3 rings (SSSR count). The minimum atomic E-state index is -0.373. The van der Waals surface area contributed by atoms with E-state index in [4.69, 9.17) is 4.74 Å². The van der Waals surface area contributed by atoms with Crippen molar-refractivity contribution >= 4 is 17.5 Å². The number of benzene rings is 2. The standard InChI is InChI=1S/C22H21N3O3/c26-21(24-15-18-7-4-12-23-14-18)13-22(27)25-19-8-10-20(11-9-19)28-16-17-5-2-1-3-6-17/h1-12,14H,13,15-16H2,(H,24,26)(H,25,27). The maximum Gasteiger partial charge on any atom is 0.233 e. The molecular formula is C22H21N3O3. The normalized spacial score (nSPS) is 10.1. The van der Waals surface area contributed by atoms with Crippen LogP contribution < -0.4 is 15.4 Å². The SMILES string of the molecule is O=C(CC(=O)Nc1ccc(OCc2ccccc2)cc1)NCc1cccnc1. The second kappa shape index (κ2) is 9.87. The maximum atomic E-state index is 12.0. The summed E-state index contributed by atoms with van der Waals surface area (Å²) in [5, 5.41) is 5.40. The number of carbonyl (C=O) groups excluding carboxylic acids is 2. The summed E-state index contributed by atoms with van der Waals surface area (Å²) < 4.78 is 5.71. The molecular weight excluding hydrogens is 354 g/mol. The number of hydrogen-bond donors (Lipinski definition) is 2. The molecule has 0 fully saturated rings. The summed E-state index contributed by atoms with van der Waals surface area (Å²) in [5.74, 6) is -0.0122. The topological polar surface area (TPSA) is 80.3 Å². The monoisotopic (exact) mass is 375 g/mol. The Morgan fingerprint density at radius 1 is 0.857 bits per heavy atom. The number of pyridine rings is 1. The number of nitrogens with zero attached hydrogens (tertiary/aromatic N) is 1. The molecule has 6 heteroatoms. The van der Waals surface area contributed by atoms with Crippen LogP contribution in [0.2, 0.25) is 0 Å². The first-order valence-electron chi connectivity index (χ1n) is 8.91. The molecule has 1 aromatic heterocycles. The molecule has 28 heavy (non-hydrogen) atoms. The minimum absolute atomic E-state index is 0.244. The summed E-state index contributed by atoms with van der Waals surface area (Å²) in [6, 6.07) is 20.6. The fraction of sp³-hybridized carbons (Fsp3) is 0.136. The van der Waals surface area contributed by atoms with Gasteiger partial charge in [0.1, 0.15) is 18.8 Å². The quantitative estimate of drug-likeness (QED) is 0.592. The van der Waals surface area contributed by atoms with Crippen LogP contribution in [0.1, 0.15) is 17.5 Å². The van der Waals surface area contributed by atoms with Gasteiger partial charge in [-0.15, -0.1) is 0 Å². The molecule has 0 spiro atoms. The third-order valence-corrected chi connectivity index (χ3v) is 3.92.